The molecule has 6 nitrogen and oxygen atoms in total. The van der Waals surface area contributed by atoms with Crippen molar-refractivity contribution in [3.63, 3.8) is 0 Å². The zero-order valence-electron chi connectivity index (χ0n) is 18.8. The Morgan fingerprint density at radius 1 is 0.914 bits per heavy atom. The molecule has 0 aliphatic carbocycles. The highest BCUT2D eigenvalue weighted by molar-refractivity contribution is 7.87. The van der Waals surface area contributed by atoms with Gasteiger partial charge in [0.15, 0.2) is 0 Å². The molecule has 1 amide bonds. The number of carbonyl (C=O) groups excluding carboxylic acids is 1. The maximum atomic E-state index is 13.4. The average Bonchev–Trinajstić information content (AvgIpc) is 3.40. The fourth-order valence-electron chi connectivity index (χ4n) is 3.40. The van der Waals surface area contributed by atoms with E-state index in [0.29, 0.717) is 16.2 Å². The van der Waals surface area contributed by atoms with Crippen LogP contribution in [0.2, 0.25) is 0 Å². The summed E-state index contributed by atoms with van der Waals surface area (Å²) in [5.41, 5.74) is 1.25. The van der Waals surface area contributed by atoms with Gasteiger partial charge in [-0.1, -0.05) is 36.4 Å². The molecule has 0 saturated heterocycles. The highest BCUT2D eigenvalue weighted by Gasteiger charge is 2.22. The molecule has 0 spiro atoms. The van der Waals surface area contributed by atoms with Crippen molar-refractivity contribution in [3.05, 3.63) is 112 Å². The molecule has 0 aliphatic rings. The lowest BCUT2D eigenvalue weighted by Gasteiger charge is -2.23. The minimum Gasteiger partial charge on any atom is -0.497 e. The van der Waals surface area contributed by atoms with E-state index < -0.39 is 10.1 Å². The van der Waals surface area contributed by atoms with E-state index in [2.05, 4.69) is 0 Å². The maximum Gasteiger partial charge on any atom is 0.339 e. The number of para-hydroxylation sites is 1. The minimum absolute atomic E-state index is 0.0223. The van der Waals surface area contributed by atoms with Gasteiger partial charge in [0, 0.05) is 12.1 Å². The van der Waals surface area contributed by atoms with Crippen molar-refractivity contribution in [2.45, 2.75) is 18.0 Å². The molecule has 3 aromatic carbocycles. The molecule has 35 heavy (non-hydrogen) atoms. The van der Waals surface area contributed by atoms with Gasteiger partial charge in [-0.15, -0.1) is 11.3 Å². The van der Waals surface area contributed by atoms with Gasteiger partial charge in [-0.2, -0.15) is 8.42 Å². The number of halogens is 1. The Morgan fingerprint density at radius 2 is 1.63 bits per heavy atom. The van der Waals surface area contributed by atoms with Crippen molar-refractivity contribution in [1.82, 2.24) is 4.90 Å². The Kier molecular flexibility index (Phi) is 7.48. The summed E-state index contributed by atoms with van der Waals surface area (Å²) >= 11 is 1.31. The van der Waals surface area contributed by atoms with Crippen molar-refractivity contribution >= 4 is 27.4 Å². The molecule has 0 fully saturated rings. The quantitative estimate of drug-likeness (QED) is 0.277. The van der Waals surface area contributed by atoms with Gasteiger partial charge in [0.05, 0.1) is 18.5 Å². The summed E-state index contributed by atoms with van der Waals surface area (Å²) in [5.74, 6) is 0.0452. The molecule has 0 N–H and O–H groups in total. The monoisotopic (exact) mass is 511 g/mol. The molecule has 0 radical (unpaired) electrons. The maximum absolute atomic E-state index is 13.4. The molecule has 0 aliphatic heterocycles. The van der Waals surface area contributed by atoms with Gasteiger partial charge in [0.2, 0.25) is 0 Å². The summed E-state index contributed by atoms with van der Waals surface area (Å²) in [6.45, 7) is 0.291. The third kappa shape index (κ3) is 6.06. The first-order valence-electron chi connectivity index (χ1n) is 10.6. The summed E-state index contributed by atoms with van der Waals surface area (Å²) in [5, 5.41) is 1.81. The largest absolute Gasteiger partial charge is 0.497 e. The zero-order valence-corrected chi connectivity index (χ0v) is 20.4. The lowest BCUT2D eigenvalue weighted by Crippen LogP contribution is -2.30. The zero-order chi connectivity index (χ0) is 24.8. The highest BCUT2D eigenvalue weighted by Crippen LogP contribution is 2.27. The molecule has 0 bridgehead atoms. The van der Waals surface area contributed by atoms with Crippen LogP contribution < -0.4 is 8.92 Å². The van der Waals surface area contributed by atoms with Crippen LogP contribution in [0.3, 0.4) is 0 Å². The lowest BCUT2D eigenvalue weighted by atomic mass is 10.1. The highest BCUT2D eigenvalue weighted by atomic mass is 32.2. The van der Waals surface area contributed by atoms with Gasteiger partial charge in [0.1, 0.15) is 22.2 Å². The number of amides is 1. The second kappa shape index (κ2) is 10.7. The van der Waals surface area contributed by atoms with E-state index in [1.165, 1.54) is 54.8 Å². The van der Waals surface area contributed by atoms with E-state index in [1.807, 2.05) is 5.38 Å². The number of hydrogen-bond donors (Lipinski definition) is 0. The van der Waals surface area contributed by atoms with Crippen LogP contribution in [0.5, 0.6) is 11.5 Å². The van der Waals surface area contributed by atoms with E-state index >= 15 is 0 Å². The fourth-order valence-corrected chi connectivity index (χ4v) is 5.05. The third-order valence-corrected chi connectivity index (χ3v) is 7.29. The number of thiophene rings is 1. The molecule has 1 aromatic heterocycles. The van der Waals surface area contributed by atoms with E-state index in [1.54, 1.807) is 53.4 Å². The van der Waals surface area contributed by atoms with Gasteiger partial charge in [-0.25, -0.2) is 4.39 Å². The first kappa shape index (κ1) is 24.4. The summed E-state index contributed by atoms with van der Waals surface area (Å²) in [4.78, 5) is 15.3. The number of benzene rings is 3. The van der Waals surface area contributed by atoms with Crippen molar-refractivity contribution in [2.75, 3.05) is 7.11 Å². The second-order valence-corrected chi connectivity index (χ2v) is 10.1. The van der Waals surface area contributed by atoms with Crippen LogP contribution >= 0.6 is 11.3 Å². The van der Waals surface area contributed by atoms with E-state index in [4.69, 9.17) is 8.92 Å². The van der Waals surface area contributed by atoms with Crippen LogP contribution in [0, 0.1) is 5.82 Å². The third-order valence-electron chi connectivity index (χ3n) is 5.19. The predicted molar refractivity (Wildman–Crippen MR) is 132 cm³/mol. The van der Waals surface area contributed by atoms with Crippen LogP contribution in [0.1, 0.15) is 20.8 Å². The van der Waals surface area contributed by atoms with Crippen molar-refractivity contribution in [3.8, 4) is 11.5 Å². The van der Waals surface area contributed by atoms with E-state index in [9.17, 15) is 17.6 Å². The summed E-state index contributed by atoms with van der Waals surface area (Å²) < 4.78 is 49.8. The molecule has 0 unspecified atom stereocenters. The number of rotatable bonds is 9. The molecule has 4 rings (SSSR count). The van der Waals surface area contributed by atoms with Gasteiger partial charge in [0.25, 0.3) is 5.91 Å². The molecule has 180 valence electrons. The predicted octanol–water partition coefficient (Wildman–Crippen LogP) is 5.51. The molecule has 0 atom stereocenters. The standard InChI is InChI=1S/C26H22FNO5S2/c1-32-22-12-14-23(15-13-22)35(30,31)33-24-6-3-2-5-20(24)18-28(26(29)25-7-4-16-34-25)17-19-8-10-21(27)11-9-19/h2-16H,17-18H2,1H3. The van der Waals surface area contributed by atoms with Crippen LogP contribution in [0.4, 0.5) is 4.39 Å². The van der Waals surface area contributed by atoms with Gasteiger partial charge in [-0.05, 0) is 59.5 Å². The Morgan fingerprint density at radius 3 is 2.29 bits per heavy atom. The summed E-state index contributed by atoms with van der Waals surface area (Å²) in [7, 11) is -2.63. The van der Waals surface area contributed by atoms with E-state index in [-0.39, 0.29) is 35.5 Å². The van der Waals surface area contributed by atoms with Crippen LogP contribution in [0.15, 0.2) is 95.2 Å². The molecule has 9 heteroatoms. The Hall–Kier alpha value is -3.69. The second-order valence-electron chi connectivity index (χ2n) is 7.59. The fraction of sp³-hybridized carbons (Fsp3) is 0.115. The molecular formula is C26H22FNO5S2. The first-order valence-corrected chi connectivity index (χ1v) is 12.9. The van der Waals surface area contributed by atoms with Crippen molar-refractivity contribution in [2.24, 2.45) is 0 Å². The van der Waals surface area contributed by atoms with Crippen LogP contribution in [-0.4, -0.2) is 26.3 Å². The number of hydrogen-bond acceptors (Lipinski definition) is 6. The lowest BCUT2D eigenvalue weighted by molar-refractivity contribution is 0.0734. The summed E-state index contributed by atoms with van der Waals surface area (Å²) in [6.07, 6.45) is 0. The smallest absolute Gasteiger partial charge is 0.339 e. The SMILES string of the molecule is COc1ccc(S(=O)(=O)Oc2ccccc2CN(Cc2ccc(F)cc2)C(=O)c2cccs2)cc1. The molecular weight excluding hydrogens is 489 g/mol. The number of nitrogens with zero attached hydrogens (tertiary/aromatic N) is 1. The van der Waals surface area contributed by atoms with Crippen molar-refractivity contribution in [1.29, 1.82) is 0 Å². The molecule has 1 heterocycles. The van der Waals surface area contributed by atoms with E-state index in [0.717, 1.165) is 5.56 Å². The van der Waals surface area contributed by atoms with Crippen molar-refractivity contribution < 1.29 is 26.5 Å². The summed E-state index contributed by atoms with van der Waals surface area (Å²) in [6, 6.07) is 21.9. The number of ether oxygens (including phenoxy) is 1. The average molecular weight is 512 g/mol. The van der Waals surface area contributed by atoms with Gasteiger partial charge < -0.3 is 13.8 Å². The Labute approximate surface area is 207 Å². The van der Waals surface area contributed by atoms with Crippen LogP contribution in [-0.2, 0) is 23.2 Å². The van der Waals surface area contributed by atoms with Crippen LogP contribution in [0.25, 0.3) is 0 Å². The minimum atomic E-state index is -4.12. The van der Waals surface area contributed by atoms with Gasteiger partial charge in [-0.3, -0.25) is 4.79 Å². The first-order chi connectivity index (χ1) is 16.9. The Balaban J connectivity index is 1.62. The normalized spacial score (nSPS) is 11.1. The number of methoxy groups -OCH3 is 1. The van der Waals surface area contributed by atoms with Gasteiger partial charge >= 0.3 is 10.1 Å². The topological polar surface area (TPSA) is 72.9 Å². The molecule has 0 saturated carbocycles. The molecule has 4 aromatic rings. The number of carbonyl (C=O) groups is 1. The Bertz CT molecular complexity index is 1390.